The van der Waals surface area contributed by atoms with Gasteiger partial charge >= 0.3 is 0 Å². The molecule has 1 saturated heterocycles. The van der Waals surface area contributed by atoms with Crippen molar-refractivity contribution >= 4 is 0 Å². The molecule has 0 saturated carbocycles. The van der Waals surface area contributed by atoms with Gasteiger partial charge in [0.05, 0.1) is 6.20 Å². The number of hydrogen-bond donors (Lipinski definition) is 1. The zero-order valence-electron chi connectivity index (χ0n) is 12.1. The van der Waals surface area contributed by atoms with E-state index >= 15 is 0 Å². The molecule has 1 aliphatic heterocycles. The fraction of sp³-hybridized carbons (Fsp3) is 0.786. The van der Waals surface area contributed by atoms with Crippen molar-refractivity contribution in [2.75, 3.05) is 19.6 Å². The van der Waals surface area contributed by atoms with Crippen molar-refractivity contribution in [2.24, 2.45) is 13.0 Å². The minimum Gasteiger partial charge on any atom is -0.312 e. The number of nitrogens with zero attached hydrogens (tertiary/aromatic N) is 3. The molecular formula is C14H26N4. The summed E-state index contributed by atoms with van der Waals surface area (Å²) in [5.74, 6) is 0.810. The Bertz CT molecular complexity index is 383. The number of aromatic nitrogens is 2. The van der Waals surface area contributed by atoms with Crippen LogP contribution in [0.25, 0.3) is 0 Å². The first-order valence-corrected chi connectivity index (χ1v) is 7.00. The van der Waals surface area contributed by atoms with E-state index in [1.54, 1.807) is 0 Å². The zero-order chi connectivity index (χ0) is 13.1. The highest BCUT2D eigenvalue weighted by Crippen LogP contribution is 2.17. The molecule has 1 aliphatic rings. The summed E-state index contributed by atoms with van der Waals surface area (Å²) in [7, 11) is 2.00. The van der Waals surface area contributed by atoms with Crippen LogP contribution >= 0.6 is 0 Å². The maximum absolute atomic E-state index is 4.27. The number of rotatable bonds is 5. The van der Waals surface area contributed by atoms with E-state index in [9.17, 15) is 0 Å². The highest BCUT2D eigenvalue weighted by atomic mass is 15.3. The Morgan fingerprint density at radius 1 is 1.50 bits per heavy atom. The van der Waals surface area contributed by atoms with E-state index in [0.717, 1.165) is 19.0 Å². The highest BCUT2D eigenvalue weighted by molar-refractivity contribution is 5.15. The monoisotopic (exact) mass is 250 g/mol. The van der Waals surface area contributed by atoms with Gasteiger partial charge in [-0.2, -0.15) is 5.10 Å². The predicted octanol–water partition coefficient (Wildman–Crippen LogP) is 1.55. The van der Waals surface area contributed by atoms with E-state index in [-0.39, 0.29) is 0 Å². The Labute approximate surface area is 110 Å². The van der Waals surface area contributed by atoms with Gasteiger partial charge in [-0.3, -0.25) is 4.68 Å². The molecule has 0 amide bonds. The lowest BCUT2D eigenvalue weighted by atomic mass is 10.1. The molecular weight excluding hydrogens is 224 g/mol. The van der Waals surface area contributed by atoms with E-state index in [1.807, 2.05) is 17.9 Å². The summed E-state index contributed by atoms with van der Waals surface area (Å²) in [6, 6.07) is 0.690. The van der Waals surface area contributed by atoms with Gasteiger partial charge in [0.25, 0.3) is 0 Å². The lowest BCUT2D eigenvalue weighted by Crippen LogP contribution is -2.30. The molecule has 1 fully saturated rings. The Morgan fingerprint density at radius 3 is 2.83 bits per heavy atom. The molecule has 0 bridgehead atoms. The van der Waals surface area contributed by atoms with Gasteiger partial charge in [-0.25, -0.2) is 0 Å². The van der Waals surface area contributed by atoms with Crippen LogP contribution in [0.5, 0.6) is 0 Å². The van der Waals surface area contributed by atoms with Crippen LogP contribution in [0, 0.1) is 12.8 Å². The minimum atomic E-state index is 0.690. The molecule has 1 atom stereocenters. The van der Waals surface area contributed by atoms with Crippen LogP contribution in [0.4, 0.5) is 0 Å². The number of nitrogens with one attached hydrogen (secondary N) is 1. The second-order valence-corrected chi connectivity index (χ2v) is 5.75. The summed E-state index contributed by atoms with van der Waals surface area (Å²) in [6.45, 7) is 11.3. The Hall–Kier alpha value is -0.870. The van der Waals surface area contributed by atoms with E-state index in [1.165, 1.54) is 30.8 Å². The van der Waals surface area contributed by atoms with E-state index in [0.29, 0.717) is 6.04 Å². The van der Waals surface area contributed by atoms with Crippen molar-refractivity contribution in [3.05, 3.63) is 17.5 Å². The van der Waals surface area contributed by atoms with Crippen molar-refractivity contribution in [1.82, 2.24) is 20.0 Å². The van der Waals surface area contributed by atoms with Gasteiger partial charge < -0.3 is 10.2 Å². The van der Waals surface area contributed by atoms with Crippen LogP contribution in [0.2, 0.25) is 0 Å². The van der Waals surface area contributed by atoms with Gasteiger partial charge in [0.2, 0.25) is 0 Å². The maximum Gasteiger partial charge on any atom is 0.0537 e. The first-order chi connectivity index (χ1) is 8.58. The number of likely N-dealkylation sites (tertiary alicyclic amines) is 1. The third-order valence-corrected chi connectivity index (χ3v) is 4.13. The summed E-state index contributed by atoms with van der Waals surface area (Å²) in [5, 5.41) is 7.85. The molecule has 4 nitrogen and oxygen atoms in total. The smallest absolute Gasteiger partial charge is 0.0537 e. The molecule has 1 unspecified atom stereocenters. The van der Waals surface area contributed by atoms with Gasteiger partial charge in [-0.1, -0.05) is 0 Å². The molecule has 0 spiro atoms. The van der Waals surface area contributed by atoms with E-state index in [2.05, 4.69) is 36.1 Å². The van der Waals surface area contributed by atoms with E-state index in [4.69, 9.17) is 0 Å². The van der Waals surface area contributed by atoms with Crippen LogP contribution in [0.1, 0.15) is 31.5 Å². The molecule has 1 N–H and O–H groups in total. The van der Waals surface area contributed by atoms with Gasteiger partial charge in [0, 0.05) is 37.4 Å². The van der Waals surface area contributed by atoms with Gasteiger partial charge in [0.1, 0.15) is 0 Å². The van der Waals surface area contributed by atoms with Crippen molar-refractivity contribution in [3.63, 3.8) is 0 Å². The molecule has 4 heteroatoms. The predicted molar refractivity (Wildman–Crippen MR) is 74.5 cm³/mol. The number of hydrogen-bond acceptors (Lipinski definition) is 3. The summed E-state index contributed by atoms with van der Waals surface area (Å²) < 4.78 is 1.94. The second kappa shape index (κ2) is 5.85. The van der Waals surface area contributed by atoms with Crippen LogP contribution in [0.15, 0.2) is 6.20 Å². The Morgan fingerprint density at radius 2 is 2.28 bits per heavy atom. The van der Waals surface area contributed by atoms with Gasteiger partial charge in [-0.15, -0.1) is 0 Å². The molecule has 0 aromatic carbocycles. The summed E-state index contributed by atoms with van der Waals surface area (Å²) in [6.07, 6.45) is 3.30. The van der Waals surface area contributed by atoms with Gasteiger partial charge in [0.15, 0.2) is 0 Å². The lowest BCUT2D eigenvalue weighted by molar-refractivity contribution is 0.264. The normalized spacial score (nSPS) is 21.1. The van der Waals surface area contributed by atoms with Crippen molar-refractivity contribution in [2.45, 2.75) is 39.8 Å². The molecule has 0 aliphatic carbocycles. The third kappa shape index (κ3) is 3.12. The standard InChI is InChI=1S/C14H26N4/c1-11(2)18-6-5-13(10-18)7-15-8-14-9-16-17(4)12(14)3/h9,11,13,15H,5-8,10H2,1-4H3. The van der Waals surface area contributed by atoms with Crippen LogP contribution in [-0.4, -0.2) is 40.4 Å². The summed E-state index contributed by atoms with van der Waals surface area (Å²) >= 11 is 0. The molecule has 0 radical (unpaired) electrons. The molecule has 1 aromatic heterocycles. The first-order valence-electron chi connectivity index (χ1n) is 7.00. The Kier molecular flexibility index (Phi) is 4.40. The summed E-state index contributed by atoms with van der Waals surface area (Å²) in [4.78, 5) is 2.57. The van der Waals surface area contributed by atoms with Gasteiger partial charge in [-0.05, 0) is 46.2 Å². The second-order valence-electron chi connectivity index (χ2n) is 5.75. The maximum atomic E-state index is 4.27. The fourth-order valence-corrected chi connectivity index (χ4v) is 2.63. The molecule has 2 heterocycles. The lowest BCUT2D eigenvalue weighted by Gasteiger charge is -2.20. The van der Waals surface area contributed by atoms with Crippen LogP contribution in [-0.2, 0) is 13.6 Å². The topological polar surface area (TPSA) is 33.1 Å². The molecule has 2 rings (SSSR count). The first kappa shape index (κ1) is 13.6. The van der Waals surface area contributed by atoms with Crippen molar-refractivity contribution in [1.29, 1.82) is 0 Å². The highest BCUT2D eigenvalue weighted by Gasteiger charge is 2.23. The fourth-order valence-electron chi connectivity index (χ4n) is 2.63. The average Bonchev–Trinajstić information content (AvgIpc) is 2.91. The van der Waals surface area contributed by atoms with Crippen molar-refractivity contribution in [3.8, 4) is 0 Å². The van der Waals surface area contributed by atoms with E-state index < -0.39 is 0 Å². The summed E-state index contributed by atoms with van der Waals surface area (Å²) in [5.41, 5.74) is 2.58. The number of aryl methyl sites for hydroxylation is 1. The largest absolute Gasteiger partial charge is 0.312 e. The van der Waals surface area contributed by atoms with Crippen LogP contribution in [0.3, 0.4) is 0 Å². The quantitative estimate of drug-likeness (QED) is 0.861. The Balaban J connectivity index is 1.72. The van der Waals surface area contributed by atoms with Crippen molar-refractivity contribution < 1.29 is 0 Å². The molecule has 102 valence electrons. The third-order valence-electron chi connectivity index (χ3n) is 4.13. The SMILES string of the molecule is Cc1c(CNCC2CCN(C(C)C)C2)cnn1C. The molecule has 18 heavy (non-hydrogen) atoms. The molecule has 1 aromatic rings. The van der Waals surface area contributed by atoms with Crippen LogP contribution < -0.4 is 5.32 Å². The minimum absolute atomic E-state index is 0.690. The average molecular weight is 250 g/mol. The zero-order valence-corrected chi connectivity index (χ0v) is 12.1.